The first-order chi connectivity index (χ1) is 12.0. The van der Waals surface area contributed by atoms with Crippen molar-refractivity contribution in [2.24, 2.45) is 0 Å². The second kappa shape index (κ2) is 7.38. The Morgan fingerprint density at radius 3 is 2.80 bits per heavy atom. The number of nitrogens with zero attached hydrogens (tertiary/aromatic N) is 1. The van der Waals surface area contributed by atoms with E-state index in [2.05, 4.69) is 21.4 Å². The molecule has 0 spiro atoms. The molecular formula is C20H23N3O2. The number of hydrogen-bond donors (Lipinski definition) is 2. The maximum atomic E-state index is 12.1. The van der Waals surface area contributed by atoms with Gasteiger partial charge in [0.05, 0.1) is 30.1 Å². The zero-order valence-corrected chi connectivity index (χ0v) is 14.8. The molecule has 2 N–H and O–H groups in total. The molecule has 1 atom stereocenters. The highest BCUT2D eigenvalue weighted by atomic mass is 16.5. The minimum absolute atomic E-state index is 0.0577. The Kier molecular flexibility index (Phi) is 5.03. The lowest BCUT2D eigenvalue weighted by molar-refractivity contribution is -0.122. The number of hydrogen-bond acceptors (Lipinski definition) is 3. The fourth-order valence-corrected chi connectivity index (χ4v) is 2.77. The quantitative estimate of drug-likeness (QED) is 0.718. The van der Waals surface area contributed by atoms with Crippen LogP contribution in [0.4, 0.5) is 0 Å². The van der Waals surface area contributed by atoms with Crippen molar-refractivity contribution in [2.75, 3.05) is 6.61 Å². The van der Waals surface area contributed by atoms with Gasteiger partial charge >= 0.3 is 0 Å². The van der Waals surface area contributed by atoms with Crippen molar-refractivity contribution in [3.05, 3.63) is 59.4 Å². The Morgan fingerprint density at radius 1 is 1.24 bits per heavy atom. The molecule has 0 aliphatic heterocycles. The van der Waals surface area contributed by atoms with Gasteiger partial charge in [-0.15, -0.1) is 0 Å². The number of nitrogens with one attached hydrogen (secondary N) is 2. The summed E-state index contributed by atoms with van der Waals surface area (Å²) in [4.78, 5) is 19.9. The van der Waals surface area contributed by atoms with Crippen molar-refractivity contribution >= 4 is 16.9 Å². The normalized spacial score (nSPS) is 12.1. The van der Waals surface area contributed by atoms with Crippen LogP contribution in [0, 0.1) is 13.8 Å². The van der Waals surface area contributed by atoms with Crippen molar-refractivity contribution in [1.82, 2.24) is 15.3 Å². The van der Waals surface area contributed by atoms with Gasteiger partial charge in [-0.05, 0) is 44.5 Å². The number of rotatable bonds is 6. The van der Waals surface area contributed by atoms with Gasteiger partial charge in [-0.1, -0.05) is 29.8 Å². The first-order valence-electron chi connectivity index (χ1n) is 8.47. The van der Waals surface area contributed by atoms with Crippen LogP contribution >= 0.6 is 0 Å². The van der Waals surface area contributed by atoms with Crippen LogP contribution in [0.2, 0.25) is 0 Å². The van der Waals surface area contributed by atoms with E-state index in [1.165, 1.54) is 5.56 Å². The van der Waals surface area contributed by atoms with Crippen molar-refractivity contribution in [1.29, 1.82) is 0 Å². The summed E-state index contributed by atoms with van der Waals surface area (Å²) in [6, 6.07) is 13.7. The monoisotopic (exact) mass is 337 g/mol. The summed E-state index contributed by atoms with van der Waals surface area (Å²) in [6.45, 7) is 6.32. The number of amides is 1. The predicted molar refractivity (Wildman–Crippen MR) is 98.7 cm³/mol. The molecule has 0 aliphatic carbocycles. The molecule has 5 nitrogen and oxygen atoms in total. The number of aromatic amines is 1. The number of H-pyrrole nitrogens is 1. The summed E-state index contributed by atoms with van der Waals surface area (Å²) in [6.07, 6.45) is 0.303. The molecule has 0 aliphatic rings. The number of ether oxygens (including phenoxy) is 1. The molecule has 25 heavy (non-hydrogen) atoms. The third-order valence-electron chi connectivity index (χ3n) is 4.11. The average Bonchev–Trinajstić information content (AvgIpc) is 3.01. The van der Waals surface area contributed by atoms with E-state index in [1.54, 1.807) is 0 Å². The van der Waals surface area contributed by atoms with Gasteiger partial charge in [0.15, 0.2) is 0 Å². The minimum Gasteiger partial charge on any atom is -0.493 e. The smallest absolute Gasteiger partial charge is 0.224 e. The fraction of sp³-hybridized carbons (Fsp3) is 0.300. The molecule has 5 heteroatoms. The van der Waals surface area contributed by atoms with Crippen molar-refractivity contribution in [3.63, 3.8) is 0 Å². The largest absolute Gasteiger partial charge is 0.493 e. The third-order valence-corrected chi connectivity index (χ3v) is 4.11. The van der Waals surface area contributed by atoms with Crippen molar-refractivity contribution in [3.8, 4) is 5.75 Å². The van der Waals surface area contributed by atoms with Gasteiger partial charge in [-0.25, -0.2) is 4.98 Å². The second-order valence-corrected chi connectivity index (χ2v) is 6.30. The van der Waals surface area contributed by atoms with E-state index in [1.807, 2.05) is 57.2 Å². The maximum absolute atomic E-state index is 12.1. The molecule has 0 bridgehead atoms. The number of aryl methyl sites for hydroxylation is 2. The van der Waals surface area contributed by atoms with Gasteiger partial charge in [0, 0.05) is 0 Å². The van der Waals surface area contributed by atoms with Crippen LogP contribution in [0.5, 0.6) is 5.75 Å². The van der Waals surface area contributed by atoms with Gasteiger partial charge in [0.1, 0.15) is 11.6 Å². The van der Waals surface area contributed by atoms with Gasteiger partial charge in [0.2, 0.25) is 5.91 Å². The summed E-state index contributed by atoms with van der Waals surface area (Å²) >= 11 is 0. The van der Waals surface area contributed by atoms with Crippen LogP contribution in [-0.2, 0) is 4.79 Å². The van der Waals surface area contributed by atoms with E-state index in [9.17, 15) is 4.79 Å². The van der Waals surface area contributed by atoms with E-state index in [-0.39, 0.29) is 11.9 Å². The SMILES string of the molecule is Cc1ccc(OCCC(=O)NC(C)c2nc3ccccc3[nH]2)c(C)c1. The summed E-state index contributed by atoms with van der Waals surface area (Å²) < 4.78 is 5.71. The van der Waals surface area contributed by atoms with Gasteiger partial charge < -0.3 is 15.0 Å². The number of aromatic nitrogens is 2. The molecule has 3 aromatic rings. The summed E-state index contributed by atoms with van der Waals surface area (Å²) in [7, 11) is 0. The van der Waals surface area contributed by atoms with E-state index < -0.39 is 0 Å². The predicted octanol–water partition coefficient (Wildman–Crippen LogP) is 3.83. The summed E-state index contributed by atoms with van der Waals surface area (Å²) in [5, 5.41) is 2.95. The van der Waals surface area contributed by atoms with E-state index >= 15 is 0 Å². The van der Waals surface area contributed by atoms with Crippen LogP contribution in [0.25, 0.3) is 11.0 Å². The van der Waals surface area contributed by atoms with Gasteiger partial charge in [-0.2, -0.15) is 0 Å². The first-order valence-corrected chi connectivity index (χ1v) is 8.47. The van der Waals surface area contributed by atoms with Crippen LogP contribution in [0.15, 0.2) is 42.5 Å². The van der Waals surface area contributed by atoms with Crippen molar-refractivity contribution < 1.29 is 9.53 Å². The molecule has 1 unspecified atom stereocenters. The molecular weight excluding hydrogens is 314 g/mol. The number of para-hydroxylation sites is 2. The molecule has 2 aromatic carbocycles. The number of imidazole rings is 1. The average molecular weight is 337 g/mol. The van der Waals surface area contributed by atoms with Crippen LogP contribution in [-0.4, -0.2) is 22.5 Å². The molecule has 1 amide bonds. The minimum atomic E-state index is -0.180. The zero-order valence-electron chi connectivity index (χ0n) is 14.8. The number of carbonyl (C=O) groups excluding carboxylic acids is 1. The lowest BCUT2D eigenvalue weighted by Crippen LogP contribution is -2.28. The molecule has 0 saturated carbocycles. The maximum Gasteiger partial charge on any atom is 0.224 e. The highest BCUT2D eigenvalue weighted by Gasteiger charge is 2.13. The van der Waals surface area contributed by atoms with Gasteiger partial charge in [0.25, 0.3) is 0 Å². The molecule has 0 radical (unpaired) electrons. The highest BCUT2D eigenvalue weighted by molar-refractivity contribution is 5.77. The van der Waals surface area contributed by atoms with E-state index in [0.717, 1.165) is 28.2 Å². The van der Waals surface area contributed by atoms with Crippen molar-refractivity contribution in [2.45, 2.75) is 33.2 Å². The number of fused-ring (bicyclic) bond motifs is 1. The van der Waals surface area contributed by atoms with E-state index in [4.69, 9.17) is 4.74 Å². The standard InChI is InChI=1S/C20H23N3O2/c1-13-8-9-18(14(2)12-13)25-11-10-19(24)21-15(3)20-22-16-6-4-5-7-17(16)23-20/h4-9,12,15H,10-11H2,1-3H3,(H,21,24)(H,22,23). The van der Waals surface area contributed by atoms with Crippen LogP contribution < -0.4 is 10.1 Å². The summed E-state index contributed by atoms with van der Waals surface area (Å²) in [5.74, 6) is 1.52. The lowest BCUT2D eigenvalue weighted by atomic mass is 10.1. The molecule has 1 aromatic heterocycles. The zero-order chi connectivity index (χ0) is 17.8. The highest BCUT2D eigenvalue weighted by Crippen LogP contribution is 2.19. The molecule has 130 valence electrons. The molecule has 0 saturated heterocycles. The van der Waals surface area contributed by atoms with E-state index in [0.29, 0.717) is 13.0 Å². The Bertz CT molecular complexity index is 853. The Morgan fingerprint density at radius 2 is 2.04 bits per heavy atom. The molecule has 3 rings (SSSR count). The van der Waals surface area contributed by atoms with Gasteiger partial charge in [-0.3, -0.25) is 4.79 Å². The molecule has 1 heterocycles. The Balaban J connectivity index is 1.51. The summed E-state index contributed by atoms with van der Waals surface area (Å²) in [5.41, 5.74) is 4.15. The first kappa shape index (κ1) is 17.0. The number of carbonyl (C=O) groups is 1. The second-order valence-electron chi connectivity index (χ2n) is 6.30. The van der Waals surface area contributed by atoms with Crippen LogP contribution in [0.1, 0.15) is 36.3 Å². The molecule has 0 fully saturated rings. The topological polar surface area (TPSA) is 67.0 Å². The fourth-order valence-electron chi connectivity index (χ4n) is 2.77. The number of benzene rings is 2. The third kappa shape index (κ3) is 4.18. The Hall–Kier alpha value is -2.82. The van der Waals surface area contributed by atoms with Crippen LogP contribution in [0.3, 0.4) is 0 Å². The Labute approximate surface area is 147 Å². The lowest BCUT2D eigenvalue weighted by Gasteiger charge is -2.13.